The molecule has 8 nitrogen and oxygen atoms in total. The molecule has 5 rings (SSSR count). The Morgan fingerprint density at radius 3 is 2.69 bits per heavy atom. The number of nitrogens with zero attached hydrogens (tertiary/aromatic N) is 3. The van der Waals surface area contributed by atoms with E-state index in [0.717, 1.165) is 5.65 Å². The molecule has 1 aromatic carbocycles. The van der Waals surface area contributed by atoms with Crippen LogP contribution in [0.4, 0.5) is 0 Å². The van der Waals surface area contributed by atoms with Crippen LogP contribution >= 0.6 is 23.2 Å². The highest BCUT2D eigenvalue weighted by Crippen LogP contribution is 2.53. The molecule has 2 aromatic heterocycles. The zero-order chi connectivity index (χ0) is 22.8. The summed E-state index contributed by atoms with van der Waals surface area (Å²) < 4.78 is 14.7. The summed E-state index contributed by atoms with van der Waals surface area (Å²) in [6.45, 7) is 5.53. The van der Waals surface area contributed by atoms with Gasteiger partial charge >= 0.3 is 0 Å². The molecule has 170 valence electrons. The number of nitrogens with one attached hydrogen (secondary N) is 1. The topological polar surface area (TPSA) is 105 Å². The number of ether oxygens (including phenoxy) is 2. The summed E-state index contributed by atoms with van der Waals surface area (Å²) in [5, 5.41) is 25.8. The van der Waals surface area contributed by atoms with Crippen LogP contribution in [0.25, 0.3) is 11.0 Å². The molecule has 5 atom stereocenters. The fourth-order valence-corrected chi connectivity index (χ4v) is 5.46. The number of H-pyrrole nitrogens is 1. The molecule has 1 saturated heterocycles. The number of rotatable bonds is 3. The van der Waals surface area contributed by atoms with Crippen molar-refractivity contribution < 1.29 is 19.8 Å². The van der Waals surface area contributed by atoms with E-state index >= 15 is 0 Å². The second-order valence-electron chi connectivity index (χ2n) is 9.06. The van der Waals surface area contributed by atoms with E-state index in [0.29, 0.717) is 27.4 Å². The van der Waals surface area contributed by atoms with E-state index in [9.17, 15) is 10.3 Å². The summed E-state index contributed by atoms with van der Waals surface area (Å²) >= 11 is 12.3. The van der Waals surface area contributed by atoms with E-state index in [1.807, 2.05) is 30.7 Å². The molecule has 0 spiro atoms. The Kier molecular flexibility index (Phi) is 5.07. The molecule has 1 aliphatic carbocycles. The summed E-state index contributed by atoms with van der Waals surface area (Å²) in [7, 11) is 0. The second kappa shape index (κ2) is 7.46. The van der Waals surface area contributed by atoms with Crippen molar-refractivity contribution in [1.82, 2.24) is 14.5 Å². The summed E-state index contributed by atoms with van der Waals surface area (Å²) in [4.78, 5) is 7.20. The van der Waals surface area contributed by atoms with Gasteiger partial charge in [0.1, 0.15) is 11.8 Å². The zero-order valence-electron chi connectivity index (χ0n) is 17.8. The maximum Gasteiger partial charge on any atom is 0.203 e. The van der Waals surface area contributed by atoms with E-state index in [1.54, 1.807) is 25.1 Å². The molecule has 10 heteroatoms. The Balaban J connectivity index is 1.59. The summed E-state index contributed by atoms with van der Waals surface area (Å²) in [5.74, 6) is -1.07. The highest BCUT2D eigenvalue weighted by molar-refractivity contribution is 6.42. The number of benzene rings is 1. The van der Waals surface area contributed by atoms with Gasteiger partial charge in [0.25, 0.3) is 0 Å². The van der Waals surface area contributed by atoms with Crippen molar-refractivity contribution in [3.8, 4) is 0 Å². The number of aromatic nitrogens is 3. The second-order valence-corrected chi connectivity index (χ2v) is 9.88. The van der Waals surface area contributed by atoms with Gasteiger partial charge in [-0.15, -0.1) is 0 Å². The minimum absolute atomic E-state index is 0.135. The number of aliphatic hydroxyl groups is 1. The average molecular weight is 479 g/mol. The minimum Gasteiger partial charge on any atom is -0.409 e. The fourth-order valence-electron chi connectivity index (χ4n) is 5.16. The molecule has 3 heterocycles. The quantitative estimate of drug-likeness (QED) is 0.390. The van der Waals surface area contributed by atoms with Gasteiger partial charge in [-0.05, 0) is 51.0 Å². The van der Waals surface area contributed by atoms with Crippen LogP contribution in [0.2, 0.25) is 10.0 Å². The molecule has 0 bridgehead atoms. The van der Waals surface area contributed by atoms with Crippen LogP contribution in [0, 0.1) is 5.92 Å². The third-order valence-corrected chi connectivity index (χ3v) is 7.40. The normalized spacial score (nSPS) is 29.4. The molecular weight excluding hydrogens is 455 g/mol. The first kappa shape index (κ1) is 21.7. The predicted molar refractivity (Wildman–Crippen MR) is 118 cm³/mol. The fraction of sp³-hybridized carbons (Fsp3) is 0.455. The van der Waals surface area contributed by atoms with E-state index in [1.165, 1.54) is 6.33 Å². The Bertz CT molecular complexity index is 1250. The van der Waals surface area contributed by atoms with Crippen LogP contribution in [0.3, 0.4) is 0 Å². The molecular formula is C22H24Cl2N4O4. The van der Waals surface area contributed by atoms with Gasteiger partial charge < -0.3 is 29.3 Å². The highest BCUT2D eigenvalue weighted by atomic mass is 35.5. The Hall–Kier alpha value is -2.10. The van der Waals surface area contributed by atoms with Gasteiger partial charge in [0.05, 0.1) is 39.5 Å². The van der Waals surface area contributed by atoms with Crippen LogP contribution in [0.1, 0.15) is 38.8 Å². The van der Waals surface area contributed by atoms with Gasteiger partial charge in [-0.3, -0.25) is 0 Å². The van der Waals surface area contributed by atoms with Crippen molar-refractivity contribution in [1.29, 1.82) is 0 Å². The first-order valence-corrected chi connectivity index (χ1v) is 11.1. The maximum absolute atomic E-state index is 11.7. The van der Waals surface area contributed by atoms with Crippen molar-refractivity contribution >= 4 is 34.2 Å². The number of hydrogen-bond donors (Lipinski definition) is 3. The number of halogens is 2. The zero-order valence-corrected chi connectivity index (χ0v) is 19.3. The smallest absolute Gasteiger partial charge is 0.203 e. The molecule has 0 radical (unpaired) electrons. The van der Waals surface area contributed by atoms with Gasteiger partial charge in [0, 0.05) is 12.1 Å². The van der Waals surface area contributed by atoms with Crippen molar-refractivity contribution in [3.05, 3.63) is 57.9 Å². The molecule has 1 aliphatic heterocycles. The summed E-state index contributed by atoms with van der Waals surface area (Å²) in [6.07, 6.45) is 3.34. The molecule has 0 unspecified atom stereocenters. The molecule has 0 amide bonds. The lowest BCUT2D eigenvalue weighted by Gasteiger charge is -2.34. The lowest BCUT2D eigenvalue weighted by atomic mass is 9.80. The van der Waals surface area contributed by atoms with E-state index in [4.69, 9.17) is 32.7 Å². The van der Waals surface area contributed by atoms with Crippen molar-refractivity contribution in [3.63, 3.8) is 0 Å². The average Bonchev–Trinajstić information content (AvgIpc) is 3.40. The third-order valence-electron chi connectivity index (χ3n) is 6.66. The SMILES string of the molecule is CC1(C)O[C@@H]2[C@H](O1)[C@@H]([C@](C)(O)c1ccc(Cl)c(Cl)c1)C[C@H]2n1ccc2/c(=N/O)nc[nH]c21. The van der Waals surface area contributed by atoms with Crippen molar-refractivity contribution in [2.45, 2.75) is 56.8 Å². The molecule has 1 saturated carbocycles. The van der Waals surface area contributed by atoms with Crippen LogP contribution in [-0.2, 0) is 15.1 Å². The van der Waals surface area contributed by atoms with Gasteiger partial charge in [0.15, 0.2) is 5.79 Å². The van der Waals surface area contributed by atoms with Crippen LogP contribution in [0.5, 0.6) is 0 Å². The monoisotopic (exact) mass is 478 g/mol. The van der Waals surface area contributed by atoms with Gasteiger partial charge in [-0.1, -0.05) is 34.4 Å². The molecule has 3 N–H and O–H groups in total. The largest absolute Gasteiger partial charge is 0.409 e. The van der Waals surface area contributed by atoms with Crippen LogP contribution in [0.15, 0.2) is 41.9 Å². The Morgan fingerprint density at radius 1 is 1.22 bits per heavy atom. The van der Waals surface area contributed by atoms with Crippen molar-refractivity contribution in [2.24, 2.45) is 11.1 Å². The van der Waals surface area contributed by atoms with E-state index in [2.05, 4.69) is 15.1 Å². The standard InChI is InChI=1S/C22H24Cl2N4O4/c1-21(2)31-17-13(22(3,29)11-4-5-14(23)15(24)8-11)9-16(18(17)32-21)28-7-6-12-19(27-30)25-10-26-20(12)28/h4-8,10,13,16-18,29-30H,9H2,1-3H3,(H,25,26,27)/t13-,16+,17+,18-,22+/m0/s1. The van der Waals surface area contributed by atoms with E-state index in [-0.39, 0.29) is 29.7 Å². The summed E-state index contributed by atoms with van der Waals surface area (Å²) in [5.41, 5.74) is 0.407. The maximum atomic E-state index is 11.7. The highest BCUT2D eigenvalue weighted by Gasteiger charge is 2.59. The predicted octanol–water partition coefficient (Wildman–Crippen LogP) is 3.95. The van der Waals surface area contributed by atoms with Gasteiger partial charge in [-0.2, -0.15) is 0 Å². The minimum atomic E-state index is -1.24. The lowest BCUT2D eigenvalue weighted by molar-refractivity contribution is -0.172. The third kappa shape index (κ3) is 3.33. The van der Waals surface area contributed by atoms with Gasteiger partial charge in [0.2, 0.25) is 5.49 Å². The number of aromatic amines is 1. The number of fused-ring (bicyclic) bond motifs is 2. The molecule has 2 aliphatic rings. The molecule has 2 fully saturated rings. The Morgan fingerprint density at radius 2 is 1.97 bits per heavy atom. The Labute approximate surface area is 194 Å². The molecule has 32 heavy (non-hydrogen) atoms. The van der Waals surface area contributed by atoms with Gasteiger partial charge in [-0.25, -0.2) is 4.98 Å². The van der Waals surface area contributed by atoms with Crippen LogP contribution < -0.4 is 5.49 Å². The first-order chi connectivity index (χ1) is 15.1. The lowest BCUT2D eigenvalue weighted by Crippen LogP contribution is -2.39. The van der Waals surface area contributed by atoms with Crippen molar-refractivity contribution in [2.75, 3.05) is 0 Å². The first-order valence-electron chi connectivity index (χ1n) is 10.4. The van der Waals surface area contributed by atoms with Crippen LogP contribution in [-0.4, -0.2) is 42.8 Å². The summed E-state index contributed by atoms with van der Waals surface area (Å²) in [6, 6.07) is 6.89. The van der Waals surface area contributed by atoms with E-state index < -0.39 is 11.4 Å². The number of hydrogen-bond acceptors (Lipinski definition) is 6. The molecule has 3 aromatic rings.